The molecule has 0 bridgehead atoms. The second-order valence-corrected chi connectivity index (χ2v) is 4.25. The number of aryl methyl sites for hydroxylation is 1. The van der Waals surface area contributed by atoms with Gasteiger partial charge in [-0.1, -0.05) is 0 Å². The molecule has 0 fully saturated rings. The summed E-state index contributed by atoms with van der Waals surface area (Å²) in [6, 6.07) is 3.48. The van der Waals surface area contributed by atoms with E-state index in [9.17, 15) is 8.78 Å². The summed E-state index contributed by atoms with van der Waals surface area (Å²) in [5.41, 5.74) is 1.52. The number of anilines is 1. The standard InChI is InChI=1S/C14H15F2N3/c1-4-17-14-8(2)13(18-9(3)19-14)11-6-5-10(15)7-12(11)16/h5-7H,4H2,1-3H3,(H,17,18,19). The fourth-order valence-corrected chi connectivity index (χ4v) is 1.91. The van der Waals surface area contributed by atoms with Crippen LogP contribution in [-0.4, -0.2) is 16.5 Å². The van der Waals surface area contributed by atoms with Gasteiger partial charge in [-0.2, -0.15) is 0 Å². The number of nitrogens with one attached hydrogen (secondary N) is 1. The third-order valence-electron chi connectivity index (χ3n) is 2.79. The van der Waals surface area contributed by atoms with E-state index in [1.165, 1.54) is 12.1 Å². The van der Waals surface area contributed by atoms with Crippen LogP contribution in [0.25, 0.3) is 11.3 Å². The van der Waals surface area contributed by atoms with E-state index in [-0.39, 0.29) is 5.56 Å². The molecule has 1 aromatic heterocycles. The second kappa shape index (κ2) is 5.30. The van der Waals surface area contributed by atoms with Crippen molar-refractivity contribution < 1.29 is 8.78 Å². The average Bonchev–Trinajstić information content (AvgIpc) is 2.34. The molecule has 1 N–H and O–H groups in total. The van der Waals surface area contributed by atoms with Gasteiger partial charge in [0, 0.05) is 23.7 Å². The van der Waals surface area contributed by atoms with E-state index in [1.807, 2.05) is 13.8 Å². The van der Waals surface area contributed by atoms with Crippen LogP contribution in [0.2, 0.25) is 0 Å². The van der Waals surface area contributed by atoms with Gasteiger partial charge in [0.1, 0.15) is 23.3 Å². The molecule has 0 saturated carbocycles. The largest absolute Gasteiger partial charge is 0.370 e. The SMILES string of the molecule is CCNc1nc(C)nc(-c2ccc(F)cc2F)c1C. The molecule has 100 valence electrons. The number of nitrogens with zero attached hydrogens (tertiary/aromatic N) is 2. The van der Waals surface area contributed by atoms with Crippen molar-refractivity contribution in [1.82, 2.24) is 9.97 Å². The summed E-state index contributed by atoms with van der Waals surface area (Å²) in [6.07, 6.45) is 0. The van der Waals surface area contributed by atoms with Gasteiger partial charge in [0.05, 0.1) is 5.69 Å². The zero-order chi connectivity index (χ0) is 14.0. The highest BCUT2D eigenvalue weighted by atomic mass is 19.1. The molecular formula is C14H15F2N3. The number of hydrogen-bond donors (Lipinski definition) is 1. The first kappa shape index (κ1) is 13.4. The summed E-state index contributed by atoms with van der Waals surface area (Å²) in [4.78, 5) is 8.54. The van der Waals surface area contributed by atoms with Gasteiger partial charge in [-0.3, -0.25) is 0 Å². The van der Waals surface area contributed by atoms with Crippen LogP contribution < -0.4 is 5.32 Å². The second-order valence-electron chi connectivity index (χ2n) is 4.25. The Morgan fingerprint density at radius 3 is 2.53 bits per heavy atom. The maximum atomic E-state index is 13.8. The molecule has 2 aromatic rings. The van der Waals surface area contributed by atoms with Crippen molar-refractivity contribution in [2.45, 2.75) is 20.8 Å². The zero-order valence-electron chi connectivity index (χ0n) is 11.1. The van der Waals surface area contributed by atoms with Gasteiger partial charge in [-0.15, -0.1) is 0 Å². The van der Waals surface area contributed by atoms with E-state index in [1.54, 1.807) is 6.92 Å². The predicted molar refractivity (Wildman–Crippen MR) is 71.0 cm³/mol. The van der Waals surface area contributed by atoms with Crippen LogP contribution in [0.3, 0.4) is 0 Å². The molecule has 0 atom stereocenters. The summed E-state index contributed by atoms with van der Waals surface area (Å²) in [7, 11) is 0. The number of rotatable bonds is 3. The lowest BCUT2D eigenvalue weighted by molar-refractivity contribution is 0.585. The van der Waals surface area contributed by atoms with Crippen molar-refractivity contribution in [2.24, 2.45) is 0 Å². The molecule has 19 heavy (non-hydrogen) atoms. The lowest BCUT2D eigenvalue weighted by atomic mass is 10.1. The molecule has 0 unspecified atom stereocenters. The van der Waals surface area contributed by atoms with E-state index in [4.69, 9.17) is 0 Å². The first-order valence-corrected chi connectivity index (χ1v) is 6.07. The molecule has 0 aliphatic rings. The summed E-state index contributed by atoms with van der Waals surface area (Å²) < 4.78 is 26.8. The Bertz CT molecular complexity index is 612. The van der Waals surface area contributed by atoms with E-state index < -0.39 is 11.6 Å². The topological polar surface area (TPSA) is 37.8 Å². The third-order valence-corrected chi connectivity index (χ3v) is 2.79. The van der Waals surface area contributed by atoms with Gasteiger partial charge in [0.2, 0.25) is 0 Å². The molecule has 0 spiro atoms. The van der Waals surface area contributed by atoms with Crippen molar-refractivity contribution in [3.8, 4) is 11.3 Å². The van der Waals surface area contributed by atoms with Crippen LogP contribution in [-0.2, 0) is 0 Å². The minimum Gasteiger partial charge on any atom is -0.370 e. The Morgan fingerprint density at radius 1 is 1.16 bits per heavy atom. The molecule has 0 aliphatic heterocycles. The third kappa shape index (κ3) is 2.70. The predicted octanol–water partition coefficient (Wildman–Crippen LogP) is 3.47. The van der Waals surface area contributed by atoms with Gasteiger partial charge in [-0.25, -0.2) is 18.7 Å². The smallest absolute Gasteiger partial charge is 0.135 e. The Morgan fingerprint density at radius 2 is 1.89 bits per heavy atom. The molecule has 0 saturated heterocycles. The van der Waals surface area contributed by atoms with E-state index in [0.717, 1.165) is 11.6 Å². The van der Waals surface area contributed by atoms with Crippen molar-refractivity contribution in [3.63, 3.8) is 0 Å². The van der Waals surface area contributed by atoms with Crippen LogP contribution in [0, 0.1) is 25.5 Å². The molecule has 0 amide bonds. The molecule has 5 heteroatoms. The highest BCUT2D eigenvalue weighted by Gasteiger charge is 2.14. The van der Waals surface area contributed by atoms with Gasteiger partial charge in [-0.05, 0) is 32.9 Å². The van der Waals surface area contributed by atoms with Crippen LogP contribution >= 0.6 is 0 Å². The number of benzene rings is 1. The summed E-state index contributed by atoms with van der Waals surface area (Å²) >= 11 is 0. The average molecular weight is 263 g/mol. The highest BCUT2D eigenvalue weighted by Crippen LogP contribution is 2.28. The molecule has 1 heterocycles. The lowest BCUT2D eigenvalue weighted by Crippen LogP contribution is -2.06. The Kier molecular flexibility index (Phi) is 3.74. The first-order chi connectivity index (χ1) is 9.02. The van der Waals surface area contributed by atoms with Crippen molar-refractivity contribution in [3.05, 3.63) is 41.2 Å². The van der Waals surface area contributed by atoms with Crippen LogP contribution in [0.4, 0.5) is 14.6 Å². The van der Waals surface area contributed by atoms with E-state index in [0.29, 0.717) is 23.9 Å². The molecular weight excluding hydrogens is 248 g/mol. The minimum absolute atomic E-state index is 0.281. The Labute approximate surface area is 110 Å². The van der Waals surface area contributed by atoms with Gasteiger partial charge in [0.15, 0.2) is 0 Å². The minimum atomic E-state index is -0.622. The quantitative estimate of drug-likeness (QED) is 0.921. The highest BCUT2D eigenvalue weighted by molar-refractivity contribution is 5.68. The van der Waals surface area contributed by atoms with Gasteiger partial charge in [0.25, 0.3) is 0 Å². The summed E-state index contributed by atoms with van der Waals surface area (Å²) in [5, 5.41) is 3.11. The molecule has 2 rings (SSSR count). The number of hydrogen-bond acceptors (Lipinski definition) is 3. The van der Waals surface area contributed by atoms with Crippen LogP contribution in [0.5, 0.6) is 0 Å². The zero-order valence-corrected chi connectivity index (χ0v) is 11.1. The first-order valence-electron chi connectivity index (χ1n) is 6.07. The Hall–Kier alpha value is -2.04. The van der Waals surface area contributed by atoms with Crippen molar-refractivity contribution >= 4 is 5.82 Å². The summed E-state index contributed by atoms with van der Waals surface area (Å²) in [6.45, 7) is 6.22. The monoisotopic (exact) mass is 263 g/mol. The maximum Gasteiger partial charge on any atom is 0.135 e. The lowest BCUT2D eigenvalue weighted by Gasteiger charge is -2.12. The van der Waals surface area contributed by atoms with Crippen LogP contribution in [0.15, 0.2) is 18.2 Å². The fraction of sp³-hybridized carbons (Fsp3) is 0.286. The van der Waals surface area contributed by atoms with Gasteiger partial charge >= 0.3 is 0 Å². The van der Waals surface area contributed by atoms with Crippen LogP contribution in [0.1, 0.15) is 18.3 Å². The number of halogens is 2. The van der Waals surface area contributed by atoms with E-state index in [2.05, 4.69) is 15.3 Å². The molecule has 3 nitrogen and oxygen atoms in total. The maximum absolute atomic E-state index is 13.8. The summed E-state index contributed by atoms with van der Waals surface area (Å²) in [5.74, 6) is -0.00534. The molecule has 0 aliphatic carbocycles. The molecule has 1 aromatic carbocycles. The van der Waals surface area contributed by atoms with Crippen molar-refractivity contribution in [2.75, 3.05) is 11.9 Å². The number of aromatic nitrogens is 2. The fourth-order valence-electron chi connectivity index (χ4n) is 1.91. The Balaban J connectivity index is 2.61. The van der Waals surface area contributed by atoms with Crippen molar-refractivity contribution in [1.29, 1.82) is 0 Å². The normalized spacial score (nSPS) is 10.6. The molecule has 0 radical (unpaired) electrons. The van der Waals surface area contributed by atoms with E-state index >= 15 is 0 Å². The van der Waals surface area contributed by atoms with Gasteiger partial charge < -0.3 is 5.32 Å².